The van der Waals surface area contributed by atoms with E-state index in [2.05, 4.69) is 10.3 Å². The van der Waals surface area contributed by atoms with Crippen molar-refractivity contribution in [3.63, 3.8) is 0 Å². The molecule has 0 bridgehead atoms. The van der Waals surface area contributed by atoms with Gasteiger partial charge < -0.3 is 5.32 Å². The third-order valence-electron chi connectivity index (χ3n) is 3.61. The summed E-state index contributed by atoms with van der Waals surface area (Å²) in [6.07, 6.45) is 2.16. The Labute approximate surface area is 128 Å². The van der Waals surface area contributed by atoms with Gasteiger partial charge in [0, 0.05) is 25.3 Å². The smallest absolute Gasteiger partial charge is 0.266 e. The van der Waals surface area contributed by atoms with E-state index in [-0.39, 0.29) is 17.5 Å². The van der Waals surface area contributed by atoms with Crippen molar-refractivity contribution in [1.29, 1.82) is 0 Å². The van der Waals surface area contributed by atoms with Gasteiger partial charge in [-0.3, -0.25) is 9.29 Å². The number of nitrogens with one attached hydrogen (secondary N) is 1. The molecule has 7 heteroatoms. The number of pyridine rings is 1. The van der Waals surface area contributed by atoms with E-state index in [9.17, 15) is 12.8 Å². The highest BCUT2D eigenvalue weighted by atomic mass is 32.2. The number of sulfonamides is 1. The van der Waals surface area contributed by atoms with Gasteiger partial charge in [0.1, 0.15) is 10.7 Å². The Balaban J connectivity index is 2.12. The van der Waals surface area contributed by atoms with Gasteiger partial charge in [-0.1, -0.05) is 18.2 Å². The number of halogens is 1. The molecular weight excluding hydrogens is 305 g/mol. The van der Waals surface area contributed by atoms with Crippen LogP contribution in [0.2, 0.25) is 0 Å². The lowest BCUT2D eigenvalue weighted by Gasteiger charge is -2.25. The SMILES string of the molecule is CC1CN(S(=O)(=O)c2cncc(F)c2)c2ccccc2CN1. The van der Waals surface area contributed by atoms with E-state index in [1.54, 1.807) is 12.1 Å². The molecule has 1 aromatic heterocycles. The molecule has 1 N–H and O–H groups in total. The van der Waals surface area contributed by atoms with Crippen molar-refractivity contribution in [2.24, 2.45) is 0 Å². The molecule has 0 aliphatic carbocycles. The van der Waals surface area contributed by atoms with Crippen LogP contribution in [0.5, 0.6) is 0 Å². The first-order chi connectivity index (χ1) is 10.5. The lowest BCUT2D eigenvalue weighted by molar-refractivity contribution is 0.554. The normalized spacial score (nSPS) is 18.6. The Morgan fingerprint density at radius 1 is 1.32 bits per heavy atom. The van der Waals surface area contributed by atoms with Crippen LogP contribution in [0.3, 0.4) is 0 Å². The van der Waals surface area contributed by atoms with Gasteiger partial charge in [-0.25, -0.2) is 12.8 Å². The predicted molar refractivity (Wildman–Crippen MR) is 81.5 cm³/mol. The van der Waals surface area contributed by atoms with E-state index in [1.807, 2.05) is 19.1 Å². The molecule has 0 fully saturated rings. The fourth-order valence-electron chi connectivity index (χ4n) is 2.49. The molecule has 0 saturated heterocycles. The maximum atomic E-state index is 13.4. The summed E-state index contributed by atoms with van der Waals surface area (Å²) in [5.41, 5.74) is 1.50. The van der Waals surface area contributed by atoms with E-state index < -0.39 is 15.8 Å². The monoisotopic (exact) mass is 321 g/mol. The zero-order chi connectivity index (χ0) is 15.7. The molecule has 1 aliphatic heterocycles. The molecule has 1 unspecified atom stereocenters. The third kappa shape index (κ3) is 2.69. The second kappa shape index (κ2) is 5.66. The first-order valence-electron chi connectivity index (χ1n) is 6.93. The fraction of sp³-hybridized carbons (Fsp3) is 0.267. The highest BCUT2D eigenvalue weighted by molar-refractivity contribution is 7.92. The Kier molecular flexibility index (Phi) is 3.84. The zero-order valence-electron chi connectivity index (χ0n) is 12.0. The summed E-state index contributed by atoms with van der Waals surface area (Å²) in [5.74, 6) is -0.671. The average molecular weight is 321 g/mol. The van der Waals surface area contributed by atoms with Crippen molar-refractivity contribution in [3.05, 3.63) is 54.1 Å². The largest absolute Gasteiger partial charge is 0.308 e. The second-order valence-electron chi connectivity index (χ2n) is 5.29. The Morgan fingerprint density at radius 3 is 2.86 bits per heavy atom. The van der Waals surface area contributed by atoms with Crippen LogP contribution in [0.4, 0.5) is 10.1 Å². The molecule has 1 atom stereocenters. The van der Waals surface area contributed by atoms with Crippen molar-refractivity contribution in [2.45, 2.75) is 24.4 Å². The molecule has 3 rings (SSSR count). The van der Waals surface area contributed by atoms with Crippen molar-refractivity contribution in [3.8, 4) is 0 Å². The van der Waals surface area contributed by atoms with Crippen LogP contribution in [0, 0.1) is 5.82 Å². The number of hydrogen-bond acceptors (Lipinski definition) is 4. The zero-order valence-corrected chi connectivity index (χ0v) is 12.8. The first kappa shape index (κ1) is 14.9. The third-order valence-corrected chi connectivity index (χ3v) is 5.35. The highest BCUT2D eigenvalue weighted by Crippen LogP contribution is 2.29. The number of rotatable bonds is 2. The van der Waals surface area contributed by atoms with Crippen molar-refractivity contribution in [1.82, 2.24) is 10.3 Å². The topological polar surface area (TPSA) is 62.3 Å². The Bertz CT molecular complexity index is 795. The van der Waals surface area contributed by atoms with E-state index in [0.29, 0.717) is 12.2 Å². The standard InChI is InChI=1S/C15H16FN3O2S/c1-11-10-19(15-5-3-2-4-12(15)7-18-11)22(20,21)14-6-13(16)8-17-9-14/h2-6,8-9,11,18H,7,10H2,1H3. The fourth-order valence-corrected chi connectivity index (χ4v) is 4.05. The van der Waals surface area contributed by atoms with Crippen LogP contribution >= 0.6 is 0 Å². The number of fused-ring (bicyclic) bond motifs is 1. The molecule has 0 spiro atoms. The maximum Gasteiger partial charge on any atom is 0.266 e. The molecule has 1 aromatic carbocycles. The van der Waals surface area contributed by atoms with Gasteiger partial charge in [0.25, 0.3) is 10.0 Å². The number of benzene rings is 1. The molecule has 2 heterocycles. The minimum absolute atomic E-state index is 0.0244. The van der Waals surface area contributed by atoms with E-state index in [0.717, 1.165) is 17.8 Å². The van der Waals surface area contributed by atoms with Crippen LogP contribution in [-0.4, -0.2) is 26.0 Å². The molecule has 116 valence electrons. The molecule has 2 aromatic rings. The van der Waals surface area contributed by atoms with Gasteiger partial charge in [0.05, 0.1) is 11.9 Å². The van der Waals surface area contributed by atoms with Crippen LogP contribution in [0.15, 0.2) is 47.6 Å². The van der Waals surface area contributed by atoms with Gasteiger partial charge in [-0.05, 0) is 24.6 Å². The van der Waals surface area contributed by atoms with Gasteiger partial charge >= 0.3 is 0 Å². The Morgan fingerprint density at radius 2 is 2.09 bits per heavy atom. The van der Waals surface area contributed by atoms with Crippen LogP contribution in [0.1, 0.15) is 12.5 Å². The molecule has 22 heavy (non-hydrogen) atoms. The lowest BCUT2D eigenvalue weighted by atomic mass is 10.2. The van der Waals surface area contributed by atoms with Crippen molar-refractivity contribution >= 4 is 15.7 Å². The number of hydrogen-bond donors (Lipinski definition) is 1. The lowest BCUT2D eigenvalue weighted by Crippen LogP contribution is -2.39. The summed E-state index contributed by atoms with van der Waals surface area (Å²) in [6.45, 7) is 2.78. The molecule has 0 saturated carbocycles. The number of nitrogens with zero attached hydrogens (tertiary/aromatic N) is 2. The second-order valence-corrected chi connectivity index (χ2v) is 7.15. The summed E-state index contributed by atoms with van der Waals surface area (Å²) in [6, 6.07) is 8.27. The van der Waals surface area contributed by atoms with E-state index in [1.165, 1.54) is 10.5 Å². The van der Waals surface area contributed by atoms with E-state index in [4.69, 9.17) is 0 Å². The van der Waals surface area contributed by atoms with Crippen LogP contribution in [0.25, 0.3) is 0 Å². The summed E-state index contributed by atoms with van der Waals surface area (Å²) < 4.78 is 40.5. The minimum atomic E-state index is -3.86. The molecule has 1 aliphatic rings. The number of anilines is 1. The number of aromatic nitrogens is 1. The first-order valence-corrected chi connectivity index (χ1v) is 8.37. The minimum Gasteiger partial charge on any atom is -0.308 e. The van der Waals surface area contributed by atoms with Gasteiger partial charge in [0.15, 0.2) is 0 Å². The summed E-state index contributed by atoms with van der Waals surface area (Å²) in [7, 11) is -3.86. The molecule has 0 radical (unpaired) electrons. The summed E-state index contributed by atoms with van der Waals surface area (Å²) in [5, 5.41) is 3.27. The van der Waals surface area contributed by atoms with Gasteiger partial charge in [-0.15, -0.1) is 0 Å². The van der Waals surface area contributed by atoms with Crippen LogP contribution < -0.4 is 9.62 Å². The van der Waals surface area contributed by atoms with Gasteiger partial charge in [0.2, 0.25) is 0 Å². The van der Waals surface area contributed by atoms with Crippen molar-refractivity contribution < 1.29 is 12.8 Å². The van der Waals surface area contributed by atoms with Gasteiger partial charge in [-0.2, -0.15) is 0 Å². The quantitative estimate of drug-likeness (QED) is 0.918. The summed E-state index contributed by atoms with van der Waals surface area (Å²) >= 11 is 0. The molecular formula is C15H16FN3O2S. The number of para-hydroxylation sites is 1. The highest BCUT2D eigenvalue weighted by Gasteiger charge is 2.30. The molecule has 5 nitrogen and oxygen atoms in total. The van der Waals surface area contributed by atoms with E-state index >= 15 is 0 Å². The predicted octanol–water partition coefficient (Wildman–Crippen LogP) is 1.91. The Hall–Kier alpha value is -1.99. The maximum absolute atomic E-state index is 13.4. The molecule has 0 amide bonds. The van der Waals surface area contributed by atoms with Crippen molar-refractivity contribution in [2.75, 3.05) is 10.8 Å². The summed E-state index contributed by atoms with van der Waals surface area (Å²) in [4.78, 5) is 3.51. The van der Waals surface area contributed by atoms with Crippen LogP contribution in [-0.2, 0) is 16.6 Å². The average Bonchev–Trinajstić information content (AvgIpc) is 2.67.